The van der Waals surface area contributed by atoms with Gasteiger partial charge in [-0.2, -0.15) is 0 Å². The Labute approximate surface area is 340 Å². The van der Waals surface area contributed by atoms with Gasteiger partial charge in [0, 0.05) is 61.8 Å². The van der Waals surface area contributed by atoms with Crippen molar-refractivity contribution in [3.8, 4) is 0 Å². The minimum absolute atomic E-state index is 0.106. The fraction of sp³-hybridized carbons (Fsp3) is 0.756. The first kappa shape index (κ1) is 41.6. The van der Waals surface area contributed by atoms with Crippen LogP contribution in [0.5, 0.6) is 0 Å². The summed E-state index contributed by atoms with van der Waals surface area (Å²) in [6.07, 6.45) is -5.54. The Hall–Kier alpha value is -4.10. The Morgan fingerprint density at radius 3 is 2.00 bits per heavy atom. The Bertz CT molecular complexity index is 2020. The number of ether oxygens (including phenoxy) is 10. The molecule has 1 aromatic heterocycles. The van der Waals surface area contributed by atoms with E-state index in [4.69, 9.17) is 51.8 Å². The molecule has 7 aliphatic rings. The molecular formula is C41H52O18. The predicted octanol–water partition coefficient (Wildman–Crippen LogP) is 2.75. The minimum Gasteiger partial charge on any atom is -0.472 e. The van der Waals surface area contributed by atoms with Gasteiger partial charge < -0.3 is 56.9 Å². The maximum Gasteiger partial charge on any atom is 0.341 e. The molecule has 16 atom stereocenters. The van der Waals surface area contributed by atoms with Gasteiger partial charge in [0.05, 0.1) is 45.4 Å². The van der Waals surface area contributed by atoms with Gasteiger partial charge in [-0.1, -0.05) is 20.8 Å². The average molecular weight is 833 g/mol. The Morgan fingerprint density at radius 1 is 0.847 bits per heavy atom. The van der Waals surface area contributed by atoms with E-state index in [0.717, 1.165) is 13.8 Å². The molecule has 2 spiro atoms. The summed E-state index contributed by atoms with van der Waals surface area (Å²) in [4.78, 5) is 82.7. The summed E-state index contributed by atoms with van der Waals surface area (Å²) in [5, 5.41) is 13.3. The van der Waals surface area contributed by atoms with Crippen molar-refractivity contribution in [3.63, 3.8) is 0 Å². The molecule has 4 aliphatic carbocycles. The number of hydrogen-bond donors (Lipinski definition) is 1. The van der Waals surface area contributed by atoms with Crippen molar-refractivity contribution < 1.29 is 85.7 Å². The second-order valence-electron chi connectivity index (χ2n) is 18.4. The third kappa shape index (κ3) is 4.69. The van der Waals surface area contributed by atoms with Gasteiger partial charge in [-0.3, -0.25) is 24.0 Å². The first-order valence-corrected chi connectivity index (χ1v) is 19.8. The molecule has 8 rings (SSSR count). The number of epoxide rings is 1. The molecule has 4 saturated carbocycles. The van der Waals surface area contributed by atoms with Gasteiger partial charge in [-0.25, -0.2) is 4.79 Å². The molecule has 59 heavy (non-hydrogen) atoms. The molecule has 1 N–H and O–H groups in total. The second kappa shape index (κ2) is 12.5. The van der Waals surface area contributed by atoms with E-state index < -0.39 is 135 Å². The Morgan fingerprint density at radius 2 is 1.47 bits per heavy atom. The fourth-order valence-electron chi connectivity index (χ4n) is 13.6. The van der Waals surface area contributed by atoms with Crippen LogP contribution in [0.15, 0.2) is 23.0 Å². The van der Waals surface area contributed by atoms with Crippen LogP contribution in [0.4, 0.5) is 0 Å². The fourth-order valence-corrected chi connectivity index (χ4v) is 13.6. The molecule has 4 heterocycles. The average Bonchev–Trinajstić information content (AvgIpc) is 3.47. The van der Waals surface area contributed by atoms with Gasteiger partial charge in [-0.15, -0.1) is 0 Å². The maximum atomic E-state index is 14.4. The largest absolute Gasteiger partial charge is 0.472 e. The summed E-state index contributed by atoms with van der Waals surface area (Å²) in [7, 11) is 2.39. The monoisotopic (exact) mass is 832 g/mol. The van der Waals surface area contributed by atoms with E-state index in [1.54, 1.807) is 40.7 Å². The van der Waals surface area contributed by atoms with Gasteiger partial charge in [0.1, 0.15) is 17.3 Å². The molecular weight excluding hydrogens is 780 g/mol. The van der Waals surface area contributed by atoms with Gasteiger partial charge in [0.25, 0.3) is 5.97 Å². The molecule has 7 fully saturated rings. The summed E-state index contributed by atoms with van der Waals surface area (Å²) >= 11 is 0. The number of methoxy groups -OCH3 is 2. The highest BCUT2D eigenvalue weighted by atomic mass is 16.9. The van der Waals surface area contributed by atoms with E-state index in [-0.39, 0.29) is 19.3 Å². The first-order chi connectivity index (χ1) is 27.4. The predicted molar refractivity (Wildman–Crippen MR) is 192 cm³/mol. The van der Waals surface area contributed by atoms with Crippen molar-refractivity contribution >= 4 is 35.8 Å². The summed E-state index contributed by atoms with van der Waals surface area (Å²) in [5.41, 5.74) is -14.5. The molecule has 0 amide bonds. The lowest BCUT2D eigenvalue weighted by Gasteiger charge is -2.77. The molecule has 18 nitrogen and oxygen atoms in total. The zero-order valence-electron chi connectivity index (χ0n) is 35.0. The van der Waals surface area contributed by atoms with Gasteiger partial charge >= 0.3 is 35.8 Å². The van der Waals surface area contributed by atoms with Crippen molar-refractivity contribution in [2.75, 3.05) is 14.2 Å². The van der Waals surface area contributed by atoms with Crippen LogP contribution in [-0.2, 0) is 76.1 Å². The number of rotatable bonds is 11. The number of carbonyl (C=O) groups is 6. The van der Waals surface area contributed by atoms with E-state index in [2.05, 4.69) is 0 Å². The van der Waals surface area contributed by atoms with Crippen molar-refractivity contribution in [1.29, 1.82) is 0 Å². The lowest BCUT2D eigenvalue weighted by atomic mass is 9.33. The molecule has 4 bridgehead atoms. The number of furan rings is 1. The summed E-state index contributed by atoms with van der Waals surface area (Å²) in [6.45, 7) is 13.3. The van der Waals surface area contributed by atoms with Crippen molar-refractivity contribution in [2.45, 2.75) is 152 Å². The zero-order chi connectivity index (χ0) is 43.3. The molecule has 0 aromatic carbocycles. The number of aliphatic hydroxyl groups excluding tert-OH is 1. The SMILES string of the molecule is COC(=O)C[C@@H]1[C@](C)([C@@H](OC(C)=O)c2ccoc2)C[C@@H](O)[C@@]23O[C@@]4(C)O[C@@]12[C@H](OC(C)=O)[C@@]1(OC(C)=O)[C@@H](OC(=O)[C@@]2(C)O[C@@H]2C)[C@]2(C)C[C@@]1(O4)[C@@]3(C)[C@H]2CC(=O)OC. The third-order valence-electron chi connectivity index (χ3n) is 15.5. The van der Waals surface area contributed by atoms with E-state index in [1.807, 2.05) is 0 Å². The standard InChI is InChI=1S/C41H52O18/c1-19-35(7,55-19)32(48)54-30-34(6)18-38-36(8,24(34)14-27(46)49-10)41-26(45)16-33(5,29(52-20(2)42)23-12-13-51-17-23)25(15-28(47)50-11)39(41,58-37(9,57-38)59-41)31(53-21(3)43)40(30,38)56-22(4)44/h12-13,17,19,24-26,29-31,45H,14-16,18H2,1-11H3/t19-,24+,25-,26-,29+,30+,31+,33-,34-,35+,36-,37-,38-,39-,40+,41+/m1/s1. The van der Waals surface area contributed by atoms with Crippen LogP contribution in [0.1, 0.15) is 99.7 Å². The summed E-state index contributed by atoms with van der Waals surface area (Å²) in [6, 6.07) is 1.56. The topological polar surface area (TPSA) is 231 Å². The number of fused-ring (bicyclic) bond motifs is 2. The van der Waals surface area contributed by atoms with Gasteiger partial charge in [-0.05, 0) is 38.7 Å². The van der Waals surface area contributed by atoms with Crippen molar-refractivity contribution in [2.24, 2.45) is 28.1 Å². The van der Waals surface area contributed by atoms with E-state index in [0.29, 0.717) is 5.56 Å². The van der Waals surface area contributed by atoms with Gasteiger partial charge in [0.15, 0.2) is 23.4 Å². The quantitative estimate of drug-likeness (QED) is 0.192. The number of hydrogen-bond acceptors (Lipinski definition) is 18. The number of carbonyl (C=O) groups excluding carboxylic acids is 6. The third-order valence-corrected chi connectivity index (χ3v) is 15.5. The van der Waals surface area contributed by atoms with Crippen molar-refractivity contribution in [3.05, 3.63) is 24.2 Å². The Kier molecular flexibility index (Phi) is 8.81. The molecule has 1 aromatic rings. The number of aliphatic hydroxyl groups is 1. The van der Waals surface area contributed by atoms with E-state index in [9.17, 15) is 33.9 Å². The lowest BCUT2D eigenvalue weighted by molar-refractivity contribution is -0.486. The molecule has 3 saturated heterocycles. The lowest BCUT2D eigenvalue weighted by Crippen LogP contribution is -2.96. The smallest absolute Gasteiger partial charge is 0.341 e. The summed E-state index contributed by atoms with van der Waals surface area (Å²) < 4.78 is 68.8. The van der Waals surface area contributed by atoms with Gasteiger partial charge in [0.2, 0.25) is 5.60 Å². The van der Waals surface area contributed by atoms with Crippen LogP contribution in [0, 0.1) is 28.1 Å². The van der Waals surface area contributed by atoms with Crippen LogP contribution in [0.2, 0.25) is 0 Å². The normalized spacial score (nSPS) is 48.3. The zero-order valence-corrected chi connectivity index (χ0v) is 35.0. The van der Waals surface area contributed by atoms with Crippen molar-refractivity contribution in [1.82, 2.24) is 0 Å². The minimum atomic E-state index is -2.35. The second-order valence-corrected chi connectivity index (χ2v) is 18.4. The molecule has 324 valence electrons. The number of esters is 6. The van der Waals surface area contributed by atoms with E-state index >= 15 is 0 Å². The highest BCUT2D eigenvalue weighted by Gasteiger charge is 3.06. The molecule has 0 radical (unpaired) electrons. The molecule has 18 heteroatoms. The van der Waals surface area contributed by atoms with Crippen LogP contribution in [0.25, 0.3) is 0 Å². The van der Waals surface area contributed by atoms with Crippen LogP contribution < -0.4 is 0 Å². The first-order valence-electron chi connectivity index (χ1n) is 19.8. The van der Waals surface area contributed by atoms with Crippen LogP contribution in [-0.4, -0.2) is 114 Å². The Balaban J connectivity index is 1.52. The highest BCUT2D eigenvalue weighted by molar-refractivity contribution is 5.83. The molecule has 3 aliphatic heterocycles. The molecule has 0 unspecified atom stereocenters. The maximum absolute atomic E-state index is 14.4. The highest BCUT2D eigenvalue weighted by Crippen LogP contribution is 2.90. The van der Waals surface area contributed by atoms with E-state index in [1.165, 1.54) is 40.6 Å². The summed E-state index contributed by atoms with van der Waals surface area (Å²) in [5.74, 6) is -9.34. The van der Waals surface area contributed by atoms with Crippen LogP contribution >= 0.6 is 0 Å². The van der Waals surface area contributed by atoms with Crippen LogP contribution in [0.3, 0.4) is 0 Å².